The van der Waals surface area contributed by atoms with Crippen LogP contribution in [-0.4, -0.2) is 35.0 Å². The summed E-state index contributed by atoms with van der Waals surface area (Å²) < 4.78 is 5.94. The predicted octanol–water partition coefficient (Wildman–Crippen LogP) is 2.36. The lowest BCUT2D eigenvalue weighted by Gasteiger charge is -2.26. The van der Waals surface area contributed by atoms with Gasteiger partial charge in [0.15, 0.2) is 0 Å². The molecule has 0 aliphatic carbocycles. The van der Waals surface area contributed by atoms with Gasteiger partial charge in [-0.25, -0.2) is 0 Å². The van der Waals surface area contributed by atoms with E-state index in [4.69, 9.17) is 14.9 Å². The maximum Gasteiger partial charge on any atom is 0.303 e. The standard InChI is InChI=1S/C15H24O4/c16-10-9-12-11(13-7-8-14(12)19-13)5-3-1-2-4-6-15(17)18/h1,3,11-14,16H,2,4-10H2,(H,17,18)/t11-,12-,13-,14+/m1/s1. The number of aliphatic hydroxyl groups is 1. The Hall–Kier alpha value is -0.870. The second kappa shape index (κ2) is 7.06. The number of carbonyl (C=O) groups is 1. The fourth-order valence-electron chi connectivity index (χ4n) is 3.49. The van der Waals surface area contributed by atoms with Crippen molar-refractivity contribution in [2.45, 2.75) is 57.2 Å². The maximum atomic E-state index is 10.4. The molecular weight excluding hydrogens is 244 g/mol. The average Bonchev–Trinajstić information content (AvgIpc) is 2.95. The molecule has 2 aliphatic heterocycles. The normalized spacial score (nSPS) is 33.3. The Balaban J connectivity index is 1.72. The number of ether oxygens (including phenoxy) is 1. The molecule has 4 heteroatoms. The van der Waals surface area contributed by atoms with Crippen LogP contribution in [0.3, 0.4) is 0 Å². The zero-order chi connectivity index (χ0) is 13.7. The molecule has 0 amide bonds. The topological polar surface area (TPSA) is 66.8 Å². The first-order valence-electron chi connectivity index (χ1n) is 7.35. The Morgan fingerprint density at radius 1 is 1.21 bits per heavy atom. The van der Waals surface area contributed by atoms with Gasteiger partial charge in [-0.3, -0.25) is 4.79 Å². The van der Waals surface area contributed by atoms with Crippen molar-refractivity contribution < 1.29 is 19.7 Å². The van der Waals surface area contributed by atoms with E-state index in [1.54, 1.807) is 0 Å². The number of carboxylic acids is 1. The zero-order valence-corrected chi connectivity index (χ0v) is 11.3. The Bertz CT molecular complexity index is 326. The Morgan fingerprint density at radius 2 is 1.95 bits per heavy atom. The quantitative estimate of drug-likeness (QED) is 0.524. The number of hydrogen-bond acceptors (Lipinski definition) is 3. The number of rotatable bonds is 8. The van der Waals surface area contributed by atoms with Crippen LogP contribution in [0.5, 0.6) is 0 Å². The minimum Gasteiger partial charge on any atom is -0.481 e. The van der Waals surface area contributed by atoms with Crippen LogP contribution in [0.4, 0.5) is 0 Å². The predicted molar refractivity (Wildman–Crippen MR) is 71.8 cm³/mol. The van der Waals surface area contributed by atoms with Crippen molar-refractivity contribution in [3.8, 4) is 0 Å². The molecule has 2 bridgehead atoms. The molecular formula is C15H24O4. The van der Waals surface area contributed by atoms with Crippen molar-refractivity contribution in [2.24, 2.45) is 11.8 Å². The van der Waals surface area contributed by atoms with Gasteiger partial charge in [0.2, 0.25) is 0 Å². The van der Waals surface area contributed by atoms with Crippen molar-refractivity contribution in [3.63, 3.8) is 0 Å². The van der Waals surface area contributed by atoms with Gasteiger partial charge in [0.25, 0.3) is 0 Å². The van der Waals surface area contributed by atoms with Gasteiger partial charge >= 0.3 is 5.97 Å². The van der Waals surface area contributed by atoms with Crippen molar-refractivity contribution in [2.75, 3.05) is 6.61 Å². The molecule has 2 aliphatic rings. The highest BCUT2D eigenvalue weighted by atomic mass is 16.5. The molecule has 0 aromatic rings. The number of fused-ring (bicyclic) bond motifs is 2. The molecule has 0 saturated carbocycles. The third-order valence-electron chi connectivity index (χ3n) is 4.39. The molecule has 0 radical (unpaired) electrons. The number of aliphatic hydroxyl groups excluding tert-OH is 1. The molecule has 2 fully saturated rings. The molecule has 0 aromatic heterocycles. The highest BCUT2D eigenvalue weighted by Gasteiger charge is 2.47. The lowest BCUT2D eigenvalue weighted by atomic mass is 9.76. The van der Waals surface area contributed by atoms with Gasteiger partial charge in [-0.1, -0.05) is 12.2 Å². The molecule has 2 rings (SSSR count). The third kappa shape index (κ3) is 3.80. The lowest BCUT2D eigenvalue weighted by molar-refractivity contribution is -0.137. The smallest absolute Gasteiger partial charge is 0.303 e. The van der Waals surface area contributed by atoms with Crippen LogP contribution in [0.15, 0.2) is 12.2 Å². The summed E-state index contributed by atoms with van der Waals surface area (Å²) in [5.74, 6) is 0.326. The molecule has 108 valence electrons. The van der Waals surface area contributed by atoms with Crippen molar-refractivity contribution in [1.29, 1.82) is 0 Å². The second-order valence-corrected chi connectivity index (χ2v) is 5.62. The maximum absolute atomic E-state index is 10.4. The van der Waals surface area contributed by atoms with Crippen LogP contribution < -0.4 is 0 Å². The molecule has 2 heterocycles. The van der Waals surface area contributed by atoms with Crippen molar-refractivity contribution in [3.05, 3.63) is 12.2 Å². The van der Waals surface area contributed by atoms with E-state index >= 15 is 0 Å². The van der Waals surface area contributed by atoms with Crippen LogP contribution >= 0.6 is 0 Å². The molecule has 2 saturated heterocycles. The summed E-state index contributed by atoms with van der Waals surface area (Å²) in [4.78, 5) is 10.4. The van der Waals surface area contributed by atoms with Gasteiger partial charge in [-0.05, 0) is 50.4 Å². The van der Waals surface area contributed by atoms with Crippen molar-refractivity contribution in [1.82, 2.24) is 0 Å². The van der Waals surface area contributed by atoms with E-state index < -0.39 is 5.97 Å². The highest BCUT2D eigenvalue weighted by molar-refractivity contribution is 5.66. The molecule has 4 atom stereocenters. The number of aliphatic carboxylic acids is 1. The second-order valence-electron chi connectivity index (χ2n) is 5.62. The van der Waals surface area contributed by atoms with Crippen LogP contribution in [-0.2, 0) is 9.53 Å². The van der Waals surface area contributed by atoms with Crippen LogP contribution in [0.2, 0.25) is 0 Å². The van der Waals surface area contributed by atoms with E-state index in [9.17, 15) is 4.79 Å². The first kappa shape index (κ1) is 14.5. The molecule has 0 aromatic carbocycles. The van der Waals surface area contributed by atoms with Crippen LogP contribution in [0.25, 0.3) is 0 Å². The number of carboxylic acid groups (broad SMARTS) is 1. The van der Waals surface area contributed by atoms with Gasteiger partial charge in [0.05, 0.1) is 12.2 Å². The molecule has 4 nitrogen and oxygen atoms in total. The summed E-state index contributed by atoms with van der Waals surface area (Å²) in [6, 6.07) is 0. The molecule has 2 N–H and O–H groups in total. The fraction of sp³-hybridized carbons (Fsp3) is 0.800. The van der Waals surface area contributed by atoms with E-state index in [1.165, 1.54) is 0 Å². The first-order valence-corrected chi connectivity index (χ1v) is 7.35. The van der Waals surface area contributed by atoms with E-state index in [0.29, 0.717) is 30.5 Å². The lowest BCUT2D eigenvalue weighted by Crippen LogP contribution is -2.27. The van der Waals surface area contributed by atoms with Gasteiger partial charge in [0, 0.05) is 13.0 Å². The Morgan fingerprint density at radius 3 is 2.63 bits per heavy atom. The third-order valence-corrected chi connectivity index (χ3v) is 4.39. The zero-order valence-electron chi connectivity index (χ0n) is 11.3. The largest absolute Gasteiger partial charge is 0.481 e. The van der Waals surface area contributed by atoms with E-state index in [-0.39, 0.29) is 13.0 Å². The minimum absolute atomic E-state index is 0.245. The fourth-order valence-corrected chi connectivity index (χ4v) is 3.49. The number of hydrogen-bond donors (Lipinski definition) is 2. The number of unbranched alkanes of at least 4 members (excludes halogenated alkanes) is 1. The summed E-state index contributed by atoms with van der Waals surface area (Å²) in [5, 5.41) is 17.7. The minimum atomic E-state index is -0.724. The first-order chi connectivity index (χ1) is 9.22. The van der Waals surface area contributed by atoms with E-state index in [2.05, 4.69) is 12.2 Å². The van der Waals surface area contributed by atoms with Crippen LogP contribution in [0, 0.1) is 11.8 Å². The summed E-state index contributed by atoms with van der Waals surface area (Å²) in [6.07, 6.45) is 10.9. The van der Waals surface area contributed by atoms with Crippen molar-refractivity contribution >= 4 is 5.97 Å². The van der Waals surface area contributed by atoms with Gasteiger partial charge in [0.1, 0.15) is 0 Å². The van der Waals surface area contributed by atoms with E-state index in [0.717, 1.165) is 32.1 Å². The van der Waals surface area contributed by atoms with Crippen LogP contribution in [0.1, 0.15) is 44.9 Å². The van der Waals surface area contributed by atoms with Gasteiger partial charge in [-0.2, -0.15) is 0 Å². The monoisotopic (exact) mass is 268 g/mol. The SMILES string of the molecule is O=C(O)CCCC=CC[C@@H]1[C@@H](CCO)[C@@H]2CC[C@H]1O2. The highest BCUT2D eigenvalue weighted by Crippen LogP contribution is 2.46. The Labute approximate surface area is 114 Å². The van der Waals surface area contributed by atoms with Gasteiger partial charge in [-0.15, -0.1) is 0 Å². The summed E-state index contributed by atoms with van der Waals surface area (Å²) in [5.41, 5.74) is 0. The van der Waals surface area contributed by atoms with E-state index in [1.807, 2.05) is 0 Å². The summed E-state index contributed by atoms with van der Waals surface area (Å²) >= 11 is 0. The van der Waals surface area contributed by atoms with Gasteiger partial charge < -0.3 is 14.9 Å². The molecule has 19 heavy (non-hydrogen) atoms. The summed E-state index contributed by atoms with van der Waals surface area (Å²) in [7, 11) is 0. The molecule has 0 spiro atoms. The average molecular weight is 268 g/mol. The molecule has 0 unspecified atom stereocenters. The Kier molecular flexibility index (Phi) is 5.40. The summed E-state index contributed by atoms with van der Waals surface area (Å²) in [6.45, 7) is 0.246. The number of allylic oxidation sites excluding steroid dienone is 2.